The van der Waals surface area contributed by atoms with Crippen molar-refractivity contribution in [2.24, 2.45) is 0 Å². The fourth-order valence-corrected chi connectivity index (χ4v) is 3.36. The standard InChI is InChI=1S/C11H15NO4S/c1-16-10-6-7-12(8-10)17(14,15)11-4-2-9(13)3-5-11/h2-5,10,13H,6-8H2,1H3. The number of hydrogen-bond donors (Lipinski definition) is 1. The van der Waals surface area contributed by atoms with E-state index < -0.39 is 10.0 Å². The summed E-state index contributed by atoms with van der Waals surface area (Å²) >= 11 is 0. The normalized spacial score (nSPS) is 21.8. The zero-order valence-electron chi connectivity index (χ0n) is 9.54. The second-order valence-corrected chi connectivity index (χ2v) is 5.94. The summed E-state index contributed by atoms with van der Waals surface area (Å²) in [5.74, 6) is 0.0557. The van der Waals surface area contributed by atoms with Gasteiger partial charge in [0.05, 0.1) is 11.0 Å². The van der Waals surface area contributed by atoms with Crippen LogP contribution >= 0.6 is 0 Å². The molecule has 1 aromatic carbocycles. The molecule has 0 radical (unpaired) electrons. The number of benzene rings is 1. The quantitative estimate of drug-likeness (QED) is 0.870. The minimum absolute atomic E-state index is 0.0260. The number of phenolic OH excluding ortho intramolecular Hbond substituents is 1. The van der Waals surface area contributed by atoms with E-state index in [0.29, 0.717) is 19.5 Å². The Labute approximate surface area is 101 Å². The van der Waals surface area contributed by atoms with Crippen LogP contribution in [0.3, 0.4) is 0 Å². The number of hydrogen-bond acceptors (Lipinski definition) is 4. The van der Waals surface area contributed by atoms with Crippen molar-refractivity contribution >= 4 is 10.0 Å². The lowest BCUT2D eigenvalue weighted by Crippen LogP contribution is -2.30. The first-order valence-corrected chi connectivity index (χ1v) is 6.80. The van der Waals surface area contributed by atoms with Crippen molar-refractivity contribution in [1.29, 1.82) is 0 Å². The van der Waals surface area contributed by atoms with E-state index in [1.165, 1.54) is 28.6 Å². The molecule has 2 rings (SSSR count). The molecular weight excluding hydrogens is 242 g/mol. The fraction of sp³-hybridized carbons (Fsp3) is 0.455. The SMILES string of the molecule is COC1CCN(S(=O)(=O)c2ccc(O)cc2)C1. The monoisotopic (exact) mass is 257 g/mol. The van der Waals surface area contributed by atoms with Crippen LogP contribution < -0.4 is 0 Å². The van der Waals surface area contributed by atoms with E-state index >= 15 is 0 Å². The van der Waals surface area contributed by atoms with Crippen molar-refractivity contribution in [3.63, 3.8) is 0 Å². The largest absolute Gasteiger partial charge is 0.508 e. The first-order chi connectivity index (χ1) is 8.04. The Morgan fingerprint density at radius 3 is 2.53 bits per heavy atom. The predicted molar refractivity (Wildman–Crippen MR) is 62.3 cm³/mol. The minimum Gasteiger partial charge on any atom is -0.508 e. The highest BCUT2D eigenvalue weighted by Crippen LogP contribution is 2.23. The Kier molecular flexibility index (Phi) is 3.37. The van der Waals surface area contributed by atoms with E-state index in [-0.39, 0.29) is 16.7 Å². The summed E-state index contributed by atoms with van der Waals surface area (Å²) in [7, 11) is -1.87. The zero-order valence-corrected chi connectivity index (χ0v) is 10.4. The number of sulfonamides is 1. The van der Waals surface area contributed by atoms with E-state index in [4.69, 9.17) is 9.84 Å². The zero-order chi connectivity index (χ0) is 12.5. The summed E-state index contributed by atoms with van der Waals surface area (Å²) in [5.41, 5.74) is 0. The minimum atomic E-state index is -3.46. The Morgan fingerprint density at radius 1 is 1.35 bits per heavy atom. The van der Waals surface area contributed by atoms with Gasteiger partial charge in [0, 0.05) is 20.2 Å². The van der Waals surface area contributed by atoms with Crippen LogP contribution in [0.1, 0.15) is 6.42 Å². The molecule has 1 aliphatic heterocycles. The second kappa shape index (κ2) is 4.64. The van der Waals surface area contributed by atoms with E-state index in [1.54, 1.807) is 7.11 Å². The van der Waals surface area contributed by atoms with Gasteiger partial charge >= 0.3 is 0 Å². The third-order valence-corrected chi connectivity index (χ3v) is 4.79. The molecule has 1 unspecified atom stereocenters. The van der Waals surface area contributed by atoms with Gasteiger partial charge in [0.2, 0.25) is 10.0 Å². The summed E-state index contributed by atoms with van der Waals surface area (Å²) in [5, 5.41) is 9.14. The lowest BCUT2D eigenvalue weighted by atomic mass is 10.3. The molecule has 1 fully saturated rings. The van der Waals surface area contributed by atoms with Crippen molar-refractivity contribution in [1.82, 2.24) is 4.31 Å². The van der Waals surface area contributed by atoms with Gasteiger partial charge in [-0.3, -0.25) is 0 Å². The van der Waals surface area contributed by atoms with Crippen LogP contribution in [0.2, 0.25) is 0 Å². The first kappa shape index (κ1) is 12.3. The van der Waals surface area contributed by atoms with Crippen molar-refractivity contribution in [3.05, 3.63) is 24.3 Å². The predicted octanol–water partition coefficient (Wildman–Crippen LogP) is 0.802. The van der Waals surface area contributed by atoms with Crippen LogP contribution in [0.4, 0.5) is 0 Å². The third kappa shape index (κ3) is 2.43. The molecule has 0 amide bonds. The Morgan fingerprint density at radius 2 is 2.00 bits per heavy atom. The molecule has 0 spiro atoms. The number of nitrogens with zero attached hydrogens (tertiary/aromatic N) is 1. The third-order valence-electron chi connectivity index (χ3n) is 2.92. The number of ether oxygens (including phenoxy) is 1. The van der Waals surface area contributed by atoms with E-state index in [0.717, 1.165) is 0 Å². The Bertz CT molecular complexity index is 483. The lowest BCUT2D eigenvalue weighted by Gasteiger charge is -2.16. The molecule has 1 saturated heterocycles. The number of methoxy groups -OCH3 is 1. The molecule has 0 aliphatic carbocycles. The molecule has 6 heteroatoms. The van der Waals surface area contributed by atoms with Crippen molar-refractivity contribution in [3.8, 4) is 5.75 Å². The van der Waals surface area contributed by atoms with Crippen LogP contribution in [0.25, 0.3) is 0 Å². The summed E-state index contributed by atoms with van der Waals surface area (Å²) in [6.45, 7) is 0.863. The van der Waals surface area contributed by atoms with Crippen LogP contribution in [-0.2, 0) is 14.8 Å². The van der Waals surface area contributed by atoms with Crippen LogP contribution in [0.15, 0.2) is 29.2 Å². The molecule has 0 saturated carbocycles. The Hall–Kier alpha value is -1.11. The molecule has 1 heterocycles. The van der Waals surface area contributed by atoms with E-state index in [2.05, 4.69) is 0 Å². The summed E-state index contributed by atoms with van der Waals surface area (Å²) in [6.07, 6.45) is 0.690. The lowest BCUT2D eigenvalue weighted by molar-refractivity contribution is 0.115. The van der Waals surface area contributed by atoms with E-state index in [9.17, 15) is 8.42 Å². The smallest absolute Gasteiger partial charge is 0.243 e. The fourth-order valence-electron chi connectivity index (χ4n) is 1.88. The van der Waals surface area contributed by atoms with E-state index in [1.807, 2.05) is 0 Å². The molecule has 0 aromatic heterocycles. The molecule has 17 heavy (non-hydrogen) atoms. The van der Waals surface area contributed by atoms with Crippen LogP contribution in [-0.4, -0.2) is 44.1 Å². The maximum Gasteiger partial charge on any atom is 0.243 e. The van der Waals surface area contributed by atoms with Gasteiger partial charge in [0.25, 0.3) is 0 Å². The van der Waals surface area contributed by atoms with Gasteiger partial charge in [0.15, 0.2) is 0 Å². The molecule has 1 aromatic rings. The summed E-state index contributed by atoms with van der Waals surface area (Å²) in [4.78, 5) is 0.201. The second-order valence-electron chi connectivity index (χ2n) is 4.00. The van der Waals surface area contributed by atoms with Gasteiger partial charge in [-0.2, -0.15) is 4.31 Å². The van der Waals surface area contributed by atoms with Gasteiger partial charge in [-0.1, -0.05) is 0 Å². The molecule has 1 aliphatic rings. The van der Waals surface area contributed by atoms with Gasteiger partial charge < -0.3 is 9.84 Å². The maximum atomic E-state index is 12.2. The number of phenols is 1. The average molecular weight is 257 g/mol. The molecule has 1 atom stereocenters. The highest BCUT2D eigenvalue weighted by Gasteiger charge is 2.32. The van der Waals surface area contributed by atoms with Crippen LogP contribution in [0, 0.1) is 0 Å². The van der Waals surface area contributed by atoms with Gasteiger partial charge in [0.1, 0.15) is 5.75 Å². The Balaban J connectivity index is 2.22. The van der Waals surface area contributed by atoms with Crippen molar-refractivity contribution < 1.29 is 18.3 Å². The molecule has 1 N–H and O–H groups in total. The van der Waals surface area contributed by atoms with Crippen LogP contribution in [0.5, 0.6) is 5.75 Å². The molecule has 94 valence electrons. The highest BCUT2D eigenvalue weighted by molar-refractivity contribution is 7.89. The number of rotatable bonds is 3. The van der Waals surface area contributed by atoms with Crippen molar-refractivity contribution in [2.75, 3.05) is 20.2 Å². The van der Waals surface area contributed by atoms with Crippen molar-refractivity contribution in [2.45, 2.75) is 17.4 Å². The van der Waals surface area contributed by atoms with Gasteiger partial charge in [-0.15, -0.1) is 0 Å². The number of aromatic hydroxyl groups is 1. The first-order valence-electron chi connectivity index (χ1n) is 5.36. The summed E-state index contributed by atoms with van der Waals surface area (Å²) in [6, 6.07) is 5.56. The van der Waals surface area contributed by atoms with Gasteiger partial charge in [-0.05, 0) is 30.7 Å². The average Bonchev–Trinajstić information content (AvgIpc) is 2.78. The topological polar surface area (TPSA) is 66.8 Å². The van der Waals surface area contributed by atoms with Gasteiger partial charge in [-0.25, -0.2) is 8.42 Å². The molecule has 0 bridgehead atoms. The molecule has 5 nitrogen and oxygen atoms in total. The highest BCUT2D eigenvalue weighted by atomic mass is 32.2. The maximum absolute atomic E-state index is 12.2. The summed E-state index contributed by atoms with van der Waals surface area (Å²) < 4.78 is 30.9. The molecular formula is C11H15NO4S.